The summed E-state index contributed by atoms with van der Waals surface area (Å²) in [7, 11) is 0. The second-order valence-electron chi connectivity index (χ2n) is 6.54. The van der Waals surface area contributed by atoms with Gasteiger partial charge in [0.1, 0.15) is 5.75 Å². The molecule has 0 fully saturated rings. The van der Waals surface area contributed by atoms with Crippen molar-refractivity contribution in [2.75, 3.05) is 0 Å². The van der Waals surface area contributed by atoms with Crippen LogP contribution in [0.3, 0.4) is 0 Å². The zero-order valence-corrected chi connectivity index (χ0v) is 16.2. The summed E-state index contributed by atoms with van der Waals surface area (Å²) < 4.78 is 5.63. The van der Waals surface area contributed by atoms with Crippen molar-refractivity contribution in [2.24, 2.45) is 0 Å². The standard InChI is InChI=1S/C21H25N3O4/c1-14(2)23-21(27)24-19(25)15(3)28-18-12-8-7-11-17(18)20(26)22-13-16-9-5-4-6-10-16/h4-12,14-15H,13H2,1-3H3,(H,22,26)(H2,23,24,25,27)/t15-/m0/s1. The lowest BCUT2D eigenvalue weighted by molar-refractivity contribution is -0.126. The monoisotopic (exact) mass is 383 g/mol. The molecule has 0 spiro atoms. The van der Waals surface area contributed by atoms with Crippen LogP contribution in [0.1, 0.15) is 36.7 Å². The van der Waals surface area contributed by atoms with E-state index in [1.54, 1.807) is 38.1 Å². The van der Waals surface area contributed by atoms with Crippen molar-refractivity contribution >= 4 is 17.8 Å². The third-order valence-corrected chi connectivity index (χ3v) is 3.76. The molecule has 0 saturated carbocycles. The minimum absolute atomic E-state index is 0.0990. The molecule has 4 amide bonds. The second kappa shape index (κ2) is 10.1. The summed E-state index contributed by atoms with van der Waals surface area (Å²) in [5.74, 6) is -0.651. The van der Waals surface area contributed by atoms with E-state index in [0.29, 0.717) is 12.1 Å². The fourth-order valence-corrected chi connectivity index (χ4v) is 2.39. The van der Waals surface area contributed by atoms with Crippen LogP contribution in [0.4, 0.5) is 4.79 Å². The fourth-order valence-electron chi connectivity index (χ4n) is 2.39. The van der Waals surface area contributed by atoms with E-state index in [4.69, 9.17) is 4.74 Å². The molecule has 0 radical (unpaired) electrons. The summed E-state index contributed by atoms with van der Waals surface area (Å²) in [4.78, 5) is 36.3. The van der Waals surface area contributed by atoms with E-state index in [1.807, 2.05) is 30.3 Å². The predicted molar refractivity (Wildman–Crippen MR) is 106 cm³/mol. The van der Waals surface area contributed by atoms with Crippen LogP contribution in [0.5, 0.6) is 5.75 Å². The van der Waals surface area contributed by atoms with Crippen LogP contribution >= 0.6 is 0 Å². The summed E-state index contributed by atoms with van der Waals surface area (Å²) in [5.41, 5.74) is 1.28. The Balaban J connectivity index is 1.99. The average Bonchev–Trinajstić information content (AvgIpc) is 2.66. The van der Waals surface area contributed by atoms with Gasteiger partial charge in [-0.05, 0) is 38.5 Å². The Morgan fingerprint density at radius 1 is 0.929 bits per heavy atom. The Morgan fingerprint density at radius 2 is 1.57 bits per heavy atom. The molecule has 2 aromatic rings. The zero-order valence-electron chi connectivity index (χ0n) is 16.2. The van der Waals surface area contributed by atoms with Crippen molar-refractivity contribution in [3.63, 3.8) is 0 Å². The first-order valence-electron chi connectivity index (χ1n) is 9.06. The molecule has 7 nitrogen and oxygen atoms in total. The normalized spacial score (nSPS) is 11.4. The topological polar surface area (TPSA) is 96.5 Å². The lowest BCUT2D eigenvalue weighted by atomic mass is 10.1. The summed E-state index contributed by atoms with van der Waals surface area (Å²) in [6.45, 7) is 5.46. The molecule has 7 heteroatoms. The van der Waals surface area contributed by atoms with Gasteiger partial charge in [0.15, 0.2) is 6.10 Å². The largest absolute Gasteiger partial charge is 0.480 e. The quantitative estimate of drug-likeness (QED) is 0.685. The number of carbonyl (C=O) groups excluding carboxylic acids is 3. The second-order valence-corrected chi connectivity index (χ2v) is 6.54. The van der Waals surface area contributed by atoms with Gasteiger partial charge in [0.05, 0.1) is 5.56 Å². The van der Waals surface area contributed by atoms with Crippen LogP contribution in [0.2, 0.25) is 0 Å². The Labute approximate surface area is 164 Å². The van der Waals surface area contributed by atoms with Crippen molar-refractivity contribution in [1.82, 2.24) is 16.0 Å². The van der Waals surface area contributed by atoms with E-state index in [0.717, 1.165) is 5.56 Å². The highest BCUT2D eigenvalue weighted by molar-refractivity contribution is 5.98. The van der Waals surface area contributed by atoms with Gasteiger partial charge in [-0.15, -0.1) is 0 Å². The number of rotatable bonds is 7. The highest BCUT2D eigenvalue weighted by Gasteiger charge is 2.20. The Bertz CT molecular complexity index is 821. The van der Waals surface area contributed by atoms with Gasteiger partial charge in [0.2, 0.25) is 0 Å². The van der Waals surface area contributed by atoms with Gasteiger partial charge in [-0.3, -0.25) is 14.9 Å². The molecule has 148 valence electrons. The van der Waals surface area contributed by atoms with Gasteiger partial charge >= 0.3 is 6.03 Å². The molecule has 1 atom stereocenters. The lowest BCUT2D eigenvalue weighted by Gasteiger charge is -2.17. The number of imide groups is 1. The summed E-state index contributed by atoms with van der Waals surface area (Å²) in [6, 6.07) is 15.5. The summed E-state index contributed by atoms with van der Waals surface area (Å²) in [6.07, 6.45) is -0.957. The van der Waals surface area contributed by atoms with E-state index in [1.165, 1.54) is 6.92 Å². The number of benzene rings is 2. The first-order chi connectivity index (χ1) is 13.4. The molecule has 2 aromatic carbocycles. The van der Waals surface area contributed by atoms with Crippen LogP contribution in [0, 0.1) is 0 Å². The van der Waals surface area contributed by atoms with E-state index in [2.05, 4.69) is 16.0 Å². The SMILES string of the molecule is CC(C)NC(=O)NC(=O)[C@H](C)Oc1ccccc1C(=O)NCc1ccccc1. The number of ether oxygens (including phenoxy) is 1. The van der Waals surface area contributed by atoms with Crippen LogP contribution < -0.4 is 20.7 Å². The molecule has 0 saturated heterocycles. The van der Waals surface area contributed by atoms with E-state index in [-0.39, 0.29) is 17.7 Å². The average molecular weight is 383 g/mol. The molecule has 2 rings (SSSR count). The maximum Gasteiger partial charge on any atom is 0.321 e. The summed E-state index contributed by atoms with van der Waals surface area (Å²) >= 11 is 0. The molecule has 0 aromatic heterocycles. The van der Waals surface area contributed by atoms with Crippen LogP contribution in [-0.2, 0) is 11.3 Å². The van der Waals surface area contributed by atoms with Gasteiger partial charge in [-0.25, -0.2) is 4.79 Å². The van der Waals surface area contributed by atoms with Gasteiger partial charge in [0, 0.05) is 12.6 Å². The maximum atomic E-state index is 12.5. The maximum absolute atomic E-state index is 12.5. The highest BCUT2D eigenvalue weighted by Crippen LogP contribution is 2.19. The molecule has 0 aliphatic heterocycles. The molecule has 3 N–H and O–H groups in total. The van der Waals surface area contributed by atoms with Gasteiger partial charge < -0.3 is 15.4 Å². The molecule has 0 aliphatic carbocycles. The Hall–Kier alpha value is -3.35. The van der Waals surface area contributed by atoms with Crippen molar-refractivity contribution in [3.05, 3.63) is 65.7 Å². The fraction of sp³-hybridized carbons (Fsp3) is 0.286. The number of hydrogen-bond donors (Lipinski definition) is 3. The third-order valence-electron chi connectivity index (χ3n) is 3.76. The van der Waals surface area contributed by atoms with E-state index >= 15 is 0 Å². The van der Waals surface area contributed by atoms with Crippen molar-refractivity contribution in [1.29, 1.82) is 0 Å². The minimum Gasteiger partial charge on any atom is -0.480 e. The smallest absolute Gasteiger partial charge is 0.321 e. The van der Waals surface area contributed by atoms with Crippen LogP contribution in [0.25, 0.3) is 0 Å². The van der Waals surface area contributed by atoms with E-state index < -0.39 is 18.0 Å². The number of carbonyl (C=O) groups is 3. The van der Waals surface area contributed by atoms with Crippen molar-refractivity contribution in [2.45, 2.75) is 39.5 Å². The molecule has 0 unspecified atom stereocenters. The van der Waals surface area contributed by atoms with Crippen LogP contribution in [-0.4, -0.2) is 30.0 Å². The van der Waals surface area contributed by atoms with Gasteiger partial charge in [0.25, 0.3) is 11.8 Å². The molecule has 0 aliphatic rings. The third kappa shape index (κ3) is 6.42. The summed E-state index contributed by atoms with van der Waals surface area (Å²) in [5, 5.41) is 7.60. The molecule has 0 heterocycles. The Kier molecular flexibility index (Phi) is 7.56. The van der Waals surface area contributed by atoms with E-state index in [9.17, 15) is 14.4 Å². The Morgan fingerprint density at radius 3 is 2.25 bits per heavy atom. The predicted octanol–water partition coefficient (Wildman–Crippen LogP) is 2.62. The van der Waals surface area contributed by atoms with Crippen molar-refractivity contribution in [3.8, 4) is 5.75 Å². The minimum atomic E-state index is -0.957. The zero-order chi connectivity index (χ0) is 20.5. The number of amides is 4. The highest BCUT2D eigenvalue weighted by atomic mass is 16.5. The number of para-hydroxylation sites is 1. The first kappa shape index (κ1) is 21.0. The van der Waals surface area contributed by atoms with Crippen molar-refractivity contribution < 1.29 is 19.1 Å². The number of urea groups is 1. The molecular weight excluding hydrogens is 358 g/mol. The first-order valence-corrected chi connectivity index (χ1v) is 9.06. The molecular formula is C21H25N3O4. The molecule has 0 bridgehead atoms. The lowest BCUT2D eigenvalue weighted by Crippen LogP contribution is -2.47. The molecule has 28 heavy (non-hydrogen) atoms. The van der Waals surface area contributed by atoms with Crippen LogP contribution in [0.15, 0.2) is 54.6 Å². The van der Waals surface area contributed by atoms with Gasteiger partial charge in [-0.2, -0.15) is 0 Å². The van der Waals surface area contributed by atoms with Gasteiger partial charge in [-0.1, -0.05) is 42.5 Å². The number of hydrogen-bond acceptors (Lipinski definition) is 4. The number of nitrogens with one attached hydrogen (secondary N) is 3.